The molecule has 0 bridgehead atoms. The van der Waals surface area contributed by atoms with E-state index in [1.165, 1.54) is 52.4 Å². The first-order valence-electron chi connectivity index (χ1n) is 11.0. The van der Waals surface area contributed by atoms with Crippen molar-refractivity contribution in [2.75, 3.05) is 35.5 Å². The molecule has 0 spiro atoms. The molecular weight excluding hydrogens is 484 g/mol. The van der Waals surface area contributed by atoms with E-state index in [1.807, 2.05) is 0 Å². The van der Waals surface area contributed by atoms with Crippen molar-refractivity contribution < 1.29 is 33.3 Å². The number of carbonyl (C=O) groups is 2. The number of ether oxygens (including phenoxy) is 5. The Kier molecular flexibility index (Phi) is 8.56. The molecule has 1 aromatic heterocycles. The number of rotatable bonds is 10. The first kappa shape index (κ1) is 26.9. The molecule has 0 atom stereocenters. The van der Waals surface area contributed by atoms with Crippen LogP contribution in [-0.4, -0.2) is 62.9 Å². The lowest BCUT2D eigenvalue weighted by molar-refractivity contribution is -0.139. The average molecular weight is 513 g/mol. The number of methoxy groups -OCH3 is 5. The first-order chi connectivity index (χ1) is 17.8. The smallest absolute Gasteiger partial charge is 0.311 e. The molecular formula is C25H28N4O8. The molecule has 12 heteroatoms. The molecule has 0 aliphatic heterocycles. The molecule has 0 saturated carbocycles. The predicted octanol–water partition coefficient (Wildman–Crippen LogP) is 2.07. The maximum absolute atomic E-state index is 13.3. The molecule has 0 aliphatic rings. The zero-order valence-corrected chi connectivity index (χ0v) is 21.3. The summed E-state index contributed by atoms with van der Waals surface area (Å²) in [6, 6.07) is 9.69. The van der Waals surface area contributed by atoms with Crippen LogP contribution < -0.4 is 29.9 Å². The number of hydrazone groups is 1. The Hall–Kier alpha value is -4.74. The number of amides is 1. The molecule has 0 radical (unpaired) electrons. The minimum Gasteiger partial charge on any atom is -0.497 e. The summed E-state index contributed by atoms with van der Waals surface area (Å²) in [5.41, 5.74) is 3.22. The Morgan fingerprint density at radius 2 is 1.57 bits per heavy atom. The third-order valence-electron chi connectivity index (χ3n) is 5.46. The van der Waals surface area contributed by atoms with Crippen LogP contribution in [-0.2, 0) is 16.0 Å². The SMILES string of the molecule is COC(=O)Cc1[nH]n(-c2ccc(OC)cc2)c(=O)c1/C(C)=N/NC(=O)c1cc(OC)c(OC)c(OC)c1. The van der Waals surface area contributed by atoms with E-state index in [-0.39, 0.29) is 29.0 Å². The van der Waals surface area contributed by atoms with Gasteiger partial charge in [-0.3, -0.25) is 19.5 Å². The normalized spacial score (nSPS) is 11.0. The van der Waals surface area contributed by atoms with E-state index in [4.69, 9.17) is 23.7 Å². The highest BCUT2D eigenvalue weighted by Crippen LogP contribution is 2.38. The fraction of sp³-hybridized carbons (Fsp3) is 0.280. The zero-order valence-electron chi connectivity index (χ0n) is 21.3. The van der Waals surface area contributed by atoms with E-state index in [2.05, 4.69) is 15.6 Å². The predicted molar refractivity (Wildman–Crippen MR) is 134 cm³/mol. The fourth-order valence-electron chi connectivity index (χ4n) is 3.58. The third-order valence-corrected chi connectivity index (χ3v) is 5.46. The molecule has 0 fully saturated rings. The standard InChI is InChI=1S/C25H28N4O8/c1-14(26-27-24(31)15-11-19(34-3)23(37-6)20(12-15)35-4)22-18(13-21(30)36-5)28-29(25(22)32)16-7-9-17(33-2)10-8-16/h7-12,28H,13H2,1-6H3,(H,27,31)/b26-14+. The lowest BCUT2D eigenvalue weighted by Gasteiger charge is -2.13. The minimum absolute atomic E-state index is 0.117. The van der Waals surface area contributed by atoms with Crippen LogP contribution in [0.5, 0.6) is 23.0 Å². The van der Waals surface area contributed by atoms with Crippen molar-refractivity contribution in [2.24, 2.45) is 5.10 Å². The van der Waals surface area contributed by atoms with Gasteiger partial charge in [0.15, 0.2) is 11.5 Å². The van der Waals surface area contributed by atoms with Crippen LogP contribution in [0.3, 0.4) is 0 Å². The first-order valence-corrected chi connectivity index (χ1v) is 11.0. The van der Waals surface area contributed by atoms with Crippen molar-refractivity contribution in [2.45, 2.75) is 13.3 Å². The van der Waals surface area contributed by atoms with Gasteiger partial charge in [0.05, 0.1) is 64.6 Å². The second-order valence-corrected chi connectivity index (χ2v) is 7.61. The Bertz CT molecular complexity index is 1350. The van der Waals surface area contributed by atoms with Crippen molar-refractivity contribution in [3.05, 3.63) is 63.6 Å². The van der Waals surface area contributed by atoms with Crippen LogP contribution in [0.25, 0.3) is 5.69 Å². The largest absolute Gasteiger partial charge is 0.497 e. The Morgan fingerprint density at radius 1 is 0.946 bits per heavy atom. The van der Waals surface area contributed by atoms with Crippen LogP contribution in [0.4, 0.5) is 0 Å². The van der Waals surface area contributed by atoms with Gasteiger partial charge in [0.2, 0.25) is 5.75 Å². The van der Waals surface area contributed by atoms with E-state index >= 15 is 0 Å². The van der Waals surface area contributed by atoms with Crippen molar-refractivity contribution in [1.29, 1.82) is 0 Å². The van der Waals surface area contributed by atoms with Crippen molar-refractivity contribution in [3.8, 4) is 28.7 Å². The molecule has 2 N–H and O–H groups in total. The number of aromatic nitrogens is 2. The number of nitrogens with zero attached hydrogens (tertiary/aromatic N) is 2. The van der Waals surface area contributed by atoms with Gasteiger partial charge in [-0.1, -0.05) is 0 Å². The quantitative estimate of drug-likeness (QED) is 0.239. The van der Waals surface area contributed by atoms with E-state index in [1.54, 1.807) is 31.2 Å². The Labute approximate surface area is 212 Å². The third kappa shape index (κ3) is 5.74. The van der Waals surface area contributed by atoms with Gasteiger partial charge >= 0.3 is 5.97 Å². The van der Waals surface area contributed by atoms with Gasteiger partial charge < -0.3 is 23.7 Å². The molecule has 3 rings (SSSR count). The molecule has 1 heterocycles. The van der Waals surface area contributed by atoms with Crippen LogP contribution >= 0.6 is 0 Å². The summed E-state index contributed by atoms with van der Waals surface area (Å²) < 4.78 is 27.0. The summed E-state index contributed by atoms with van der Waals surface area (Å²) in [4.78, 5) is 38.2. The Morgan fingerprint density at radius 3 is 2.08 bits per heavy atom. The number of hydrogen-bond acceptors (Lipinski definition) is 9. The molecule has 0 saturated heterocycles. The minimum atomic E-state index is -0.584. The fourth-order valence-corrected chi connectivity index (χ4v) is 3.58. The van der Waals surface area contributed by atoms with Gasteiger partial charge in [-0.25, -0.2) is 10.1 Å². The molecule has 196 valence electrons. The second kappa shape index (κ2) is 11.8. The molecule has 0 unspecified atom stereocenters. The van der Waals surface area contributed by atoms with E-state index < -0.39 is 17.4 Å². The topological polar surface area (TPSA) is 142 Å². The highest BCUT2D eigenvalue weighted by atomic mass is 16.5. The zero-order chi connectivity index (χ0) is 27.1. The number of carbonyl (C=O) groups excluding carboxylic acids is 2. The Balaban J connectivity index is 1.98. The van der Waals surface area contributed by atoms with Gasteiger partial charge in [-0.15, -0.1) is 0 Å². The summed E-state index contributed by atoms with van der Waals surface area (Å²) in [7, 11) is 7.11. The maximum atomic E-state index is 13.3. The molecule has 37 heavy (non-hydrogen) atoms. The summed E-state index contributed by atoms with van der Waals surface area (Å²) in [6.45, 7) is 1.54. The molecule has 2 aromatic carbocycles. The van der Waals surface area contributed by atoms with Crippen LogP contribution in [0.15, 0.2) is 46.3 Å². The van der Waals surface area contributed by atoms with E-state index in [0.717, 1.165) is 0 Å². The average Bonchev–Trinajstić information content (AvgIpc) is 3.25. The summed E-state index contributed by atoms with van der Waals surface area (Å²) in [5, 5.41) is 7.05. The van der Waals surface area contributed by atoms with Gasteiger partial charge in [-0.2, -0.15) is 5.10 Å². The van der Waals surface area contributed by atoms with Gasteiger partial charge in [-0.05, 0) is 43.3 Å². The second-order valence-electron chi connectivity index (χ2n) is 7.61. The van der Waals surface area contributed by atoms with E-state index in [0.29, 0.717) is 28.7 Å². The van der Waals surface area contributed by atoms with Crippen molar-refractivity contribution in [1.82, 2.24) is 15.2 Å². The van der Waals surface area contributed by atoms with Gasteiger partial charge in [0.1, 0.15) is 5.75 Å². The monoisotopic (exact) mass is 512 g/mol. The lowest BCUT2D eigenvalue weighted by Crippen LogP contribution is -2.24. The van der Waals surface area contributed by atoms with Crippen molar-refractivity contribution in [3.63, 3.8) is 0 Å². The molecule has 0 aliphatic carbocycles. The van der Waals surface area contributed by atoms with Crippen LogP contribution in [0.1, 0.15) is 28.5 Å². The highest BCUT2D eigenvalue weighted by Gasteiger charge is 2.21. The molecule has 1 amide bonds. The molecule has 3 aromatic rings. The van der Waals surface area contributed by atoms with E-state index in [9.17, 15) is 14.4 Å². The van der Waals surface area contributed by atoms with Crippen LogP contribution in [0, 0.1) is 0 Å². The number of nitrogens with one attached hydrogen (secondary N) is 2. The summed E-state index contributed by atoms with van der Waals surface area (Å²) >= 11 is 0. The number of benzene rings is 2. The highest BCUT2D eigenvalue weighted by molar-refractivity contribution is 6.02. The van der Waals surface area contributed by atoms with Crippen LogP contribution in [0.2, 0.25) is 0 Å². The van der Waals surface area contributed by atoms with Gasteiger partial charge in [0, 0.05) is 5.56 Å². The summed E-state index contributed by atoms with van der Waals surface area (Å²) in [6.07, 6.45) is -0.210. The number of esters is 1. The number of aromatic amines is 1. The van der Waals surface area contributed by atoms with Crippen molar-refractivity contribution >= 4 is 17.6 Å². The maximum Gasteiger partial charge on any atom is 0.311 e. The van der Waals surface area contributed by atoms with Gasteiger partial charge in [0.25, 0.3) is 11.5 Å². The molecule has 12 nitrogen and oxygen atoms in total. The number of H-pyrrole nitrogens is 1. The lowest BCUT2D eigenvalue weighted by atomic mass is 10.1. The number of hydrogen-bond donors (Lipinski definition) is 2. The summed E-state index contributed by atoms with van der Waals surface area (Å²) in [5.74, 6) is 0.394.